The zero-order valence-corrected chi connectivity index (χ0v) is 11.3. The number of carbonyl (C=O) groups excluding carboxylic acids is 1. The van der Waals surface area contributed by atoms with Crippen LogP contribution in [0.15, 0.2) is 18.5 Å². The van der Waals surface area contributed by atoms with Crippen molar-refractivity contribution in [1.82, 2.24) is 10.3 Å². The highest BCUT2D eigenvalue weighted by molar-refractivity contribution is 5.92. The standard InChI is InChI=1S/C14H19N3O3/c18-13(19)10-7-12(9-15-8-10)17-14(20)16-11-5-3-1-2-4-6-11/h7-9,11H,1-6H2,(H,18,19)(H2,16,17,20). The second kappa shape index (κ2) is 6.88. The Morgan fingerprint density at radius 1 is 1.15 bits per heavy atom. The Labute approximate surface area is 117 Å². The molecule has 0 aliphatic heterocycles. The monoisotopic (exact) mass is 277 g/mol. The molecule has 0 atom stereocenters. The van der Waals surface area contributed by atoms with Crippen LogP contribution in [0.4, 0.5) is 10.5 Å². The molecule has 0 unspecified atom stereocenters. The molecule has 1 saturated carbocycles. The van der Waals surface area contributed by atoms with E-state index in [0.29, 0.717) is 5.69 Å². The van der Waals surface area contributed by atoms with E-state index in [1.54, 1.807) is 0 Å². The molecule has 0 saturated heterocycles. The number of aromatic nitrogens is 1. The second-order valence-corrected chi connectivity index (χ2v) is 5.05. The van der Waals surface area contributed by atoms with Crippen molar-refractivity contribution >= 4 is 17.7 Å². The third-order valence-corrected chi connectivity index (χ3v) is 3.43. The van der Waals surface area contributed by atoms with E-state index in [-0.39, 0.29) is 17.6 Å². The van der Waals surface area contributed by atoms with Crippen LogP contribution in [0.2, 0.25) is 0 Å². The summed E-state index contributed by atoms with van der Waals surface area (Å²) in [5.74, 6) is -1.06. The molecular weight excluding hydrogens is 258 g/mol. The van der Waals surface area contributed by atoms with Crippen LogP contribution in [0.5, 0.6) is 0 Å². The summed E-state index contributed by atoms with van der Waals surface area (Å²) in [6.45, 7) is 0. The number of anilines is 1. The molecule has 1 fully saturated rings. The second-order valence-electron chi connectivity index (χ2n) is 5.05. The van der Waals surface area contributed by atoms with Gasteiger partial charge in [-0.05, 0) is 18.9 Å². The van der Waals surface area contributed by atoms with Gasteiger partial charge in [-0.15, -0.1) is 0 Å². The van der Waals surface area contributed by atoms with E-state index >= 15 is 0 Å². The number of hydrogen-bond acceptors (Lipinski definition) is 3. The van der Waals surface area contributed by atoms with Crippen molar-refractivity contribution in [3.8, 4) is 0 Å². The number of carboxylic acid groups (broad SMARTS) is 1. The Hall–Kier alpha value is -2.11. The Morgan fingerprint density at radius 3 is 2.50 bits per heavy atom. The fourth-order valence-electron chi connectivity index (χ4n) is 2.40. The van der Waals surface area contributed by atoms with Crippen molar-refractivity contribution in [2.45, 2.75) is 44.6 Å². The van der Waals surface area contributed by atoms with Gasteiger partial charge in [0.2, 0.25) is 0 Å². The van der Waals surface area contributed by atoms with Gasteiger partial charge in [-0.2, -0.15) is 0 Å². The van der Waals surface area contributed by atoms with Crippen LogP contribution in [0.25, 0.3) is 0 Å². The van der Waals surface area contributed by atoms with Crippen LogP contribution in [0, 0.1) is 0 Å². The summed E-state index contributed by atoms with van der Waals surface area (Å²) in [6, 6.07) is 1.29. The highest BCUT2D eigenvalue weighted by atomic mass is 16.4. The zero-order chi connectivity index (χ0) is 14.4. The summed E-state index contributed by atoms with van der Waals surface area (Å²) in [7, 11) is 0. The number of nitrogens with zero attached hydrogens (tertiary/aromatic N) is 1. The number of pyridine rings is 1. The van der Waals surface area contributed by atoms with Crippen molar-refractivity contribution in [2.24, 2.45) is 0 Å². The summed E-state index contributed by atoms with van der Waals surface area (Å²) in [6.07, 6.45) is 9.41. The zero-order valence-electron chi connectivity index (χ0n) is 11.3. The van der Waals surface area contributed by atoms with Crippen molar-refractivity contribution < 1.29 is 14.7 Å². The van der Waals surface area contributed by atoms with Gasteiger partial charge >= 0.3 is 12.0 Å². The molecule has 6 heteroatoms. The molecule has 0 radical (unpaired) electrons. The first kappa shape index (κ1) is 14.3. The molecule has 0 bridgehead atoms. The summed E-state index contributed by atoms with van der Waals surface area (Å²) < 4.78 is 0. The van der Waals surface area contributed by atoms with E-state index in [2.05, 4.69) is 15.6 Å². The lowest BCUT2D eigenvalue weighted by Crippen LogP contribution is -2.37. The molecule has 1 aliphatic carbocycles. The first-order chi connectivity index (χ1) is 9.65. The van der Waals surface area contributed by atoms with Gasteiger partial charge in [0.25, 0.3) is 0 Å². The maximum absolute atomic E-state index is 11.9. The van der Waals surface area contributed by atoms with Crippen LogP contribution < -0.4 is 10.6 Å². The van der Waals surface area contributed by atoms with Crippen molar-refractivity contribution in [1.29, 1.82) is 0 Å². The molecular formula is C14H19N3O3. The number of urea groups is 1. The van der Waals surface area contributed by atoms with Gasteiger partial charge in [0.1, 0.15) is 0 Å². The number of aromatic carboxylic acids is 1. The van der Waals surface area contributed by atoms with E-state index in [9.17, 15) is 9.59 Å². The minimum absolute atomic E-state index is 0.0530. The Kier molecular flexibility index (Phi) is 4.92. The van der Waals surface area contributed by atoms with Crippen LogP contribution in [0.3, 0.4) is 0 Å². The van der Waals surface area contributed by atoms with Gasteiger partial charge in [0.05, 0.1) is 17.4 Å². The van der Waals surface area contributed by atoms with Gasteiger partial charge in [-0.25, -0.2) is 9.59 Å². The highest BCUT2D eigenvalue weighted by Gasteiger charge is 2.15. The lowest BCUT2D eigenvalue weighted by atomic mass is 10.1. The lowest BCUT2D eigenvalue weighted by Gasteiger charge is -2.16. The van der Waals surface area contributed by atoms with Crippen LogP contribution in [0.1, 0.15) is 48.9 Å². The summed E-state index contributed by atoms with van der Waals surface area (Å²) >= 11 is 0. The number of nitrogens with one attached hydrogen (secondary N) is 2. The van der Waals surface area contributed by atoms with Gasteiger partial charge in [-0.3, -0.25) is 4.98 Å². The third kappa shape index (κ3) is 4.22. The summed E-state index contributed by atoms with van der Waals surface area (Å²) in [5, 5.41) is 14.4. The normalized spacial score (nSPS) is 16.2. The van der Waals surface area contributed by atoms with Gasteiger partial charge in [0.15, 0.2) is 0 Å². The van der Waals surface area contributed by atoms with Crippen molar-refractivity contribution in [3.63, 3.8) is 0 Å². The van der Waals surface area contributed by atoms with Crippen molar-refractivity contribution in [2.75, 3.05) is 5.32 Å². The van der Waals surface area contributed by atoms with E-state index < -0.39 is 5.97 Å². The first-order valence-electron chi connectivity index (χ1n) is 6.91. The number of rotatable bonds is 3. The fourth-order valence-corrected chi connectivity index (χ4v) is 2.40. The largest absolute Gasteiger partial charge is 0.478 e. The smallest absolute Gasteiger partial charge is 0.337 e. The molecule has 108 valence electrons. The maximum atomic E-state index is 11.9. The predicted octanol–water partition coefficient (Wildman–Crippen LogP) is 2.62. The Bertz CT molecular complexity index is 482. The number of hydrogen-bond donors (Lipinski definition) is 3. The minimum atomic E-state index is -1.06. The number of amides is 2. The number of carboxylic acids is 1. The van der Waals surface area contributed by atoms with Gasteiger partial charge in [-0.1, -0.05) is 25.7 Å². The fraction of sp³-hybridized carbons (Fsp3) is 0.500. The SMILES string of the molecule is O=C(Nc1cncc(C(=O)O)c1)NC1CCCCCC1. The number of carbonyl (C=O) groups is 2. The Balaban J connectivity index is 1.90. The predicted molar refractivity (Wildman–Crippen MR) is 74.8 cm³/mol. The van der Waals surface area contributed by atoms with Crippen LogP contribution >= 0.6 is 0 Å². The Morgan fingerprint density at radius 2 is 1.85 bits per heavy atom. The molecule has 0 spiro atoms. The molecule has 1 aromatic rings. The van der Waals surface area contributed by atoms with E-state index in [4.69, 9.17) is 5.11 Å². The third-order valence-electron chi connectivity index (χ3n) is 3.43. The van der Waals surface area contributed by atoms with Crippen molar-refractivity contribution in [3.05, 3.63) is 24.0 Å². The topological polar surface area (TPSA) is 91.3 Å². The molecule has 20 heavy (non-hydrogen) atoms. The lowest BCUT2D eigenvalue weighted by molar-refractivity contribution is 0.0696. The van der Waals surface area contributed by atoms with Crippen LogP contribution in [-0.2, 0) is 0 Å². The van der Waals surface area contributed by atoms with Gasteiger partial charge in [0, 0.05) is 12.2 Å². The molecule has 2 rings (SSSR count). The van der Waals surface area contributed by atoms with E-state index in [1.807, 2.05) is 0 Å². The molecule has 0 aromatic carbocycles. The molecule has 1 aliphatic rings. The van der Waals surface area contributed by atoms with E-state index in [1.165, 1.54) is 31.3 Å². The van der Waals surface area contributed by atoms with Gasteiger partial charge < -0.3 is 15.7 Å². The highest BCUT2D eigenvalue weighted by Crippen LogP contribution is 2.17. The summed E-state index contributed by atoms with van der Waals surface area (Å²) in [4.78, 5) is 26.5. The molecule has 1 aromatic heterocycles. The molecule has 2 amide bonds. The molecule has 3 N–H and O–H groups in total. The minimum Gasteiger partial charge on any atom is -0.478 e. The summed E-state index contributed by atoms with van der Waals surface area (Å²) in [5.41, 5.74) is 0.438. The average Bonchev–Trinajstić information content (AvgIpc) is 2.67. The quantitative estimate of drug-likeness (QED) is 0.741. The van der Waals surface area contributed by atoms with E-state index in [0.717, 1.165) is 25.7 Å². The first-order valence-corrected chi connectivity index (χ1v) is 6.91. The average molecular weight is 277 g/mol. The molecule has 1 heterocycles. The van der Waals surface area contributed by atoms with Crippen LogP contribution in [-0.4, -0.2) is 28.1 Å². The maximum Gasteiger partial charge on any atom is 0.337 e. The molecule has 6 nitrogen and oxygen atoms in total.